The number of sulfone groups is 1. The summed E-state index contributed by atoms with van der Waals surface area (Å²) in [7, 11) is -3.34. The van der Waals surface area contributed by atoms with E-state index in [2.05, 4.69) is 5.32 Å². The van der Waals surface area contributed by atoms with Crippen molar-refractivity contribution in [3.8, 4) is 0 Å². The third kappa shape index (κ3) is 2.66. The molecule has 0 aliphatic heterocycles. The number of carbonyl (C=O) groups is 1. The number of amides is 1. The van der Waals surface area contributed by atoms with Gasteiger partial charge in [-0.05, 0) is 31.0 Å². The van der Waals surface area contributed by atoms with Crippen molar-refractivity contribution in [3.05, 3.63) is 23.2 Å². The molecule has 1 aromatic rings. The van der Waals surface area contributed by atoms with Gasteiger partial charge in [0, 0.05) is 6.26 Å². The number of hydrogen-bond donors (Lipinski definition) is 2. The van der Waals surface area contributed by atoms with Gasteiger partial charge >= 0.3 is 0 Å². The van der Waals surface area contributed by atoms with Gasteiger partial charge in [0.15, 0.2) is 9.84 Å². The molecule has 1 aliphatic rings. The summed E-state index contributed by atoms with van der Waals surface area (Å²) in [5.41, 5.74) is 5.17. The van der Waals surface area contributed by atoms with Crippen LogP contribution in [0.4, 0.5) is 5.69 Å². The van der Waals surface area contributed by atoms with Crippen LogP contribution in [0.25, 0.3) is 0 Å². The number of hydrogen-bond acceptors (Lipinski definition) is 4. The average molecular weight is 289 g/mol. The molecule has 0 heterocycles. The molecule has 0 unspecified atom stereocenters. The minimum Gasteiger partial charge on any atom is -0.323 e. The average Bonchev–Trinajstić information content (AvgIpc) is 2.99. The summed E-state index contributed by atoms with van der Waals surface area (Å²) in [5.74, 6) is -0.338. The Hall–Kier alpha value is -1.11. The van der Waals surface area contributed by atoms with Crippen LogP contribution in [0, 0.1) is 0 Å². The summed E-state index contributed by atoms with van der Waals surface area (Å²) < 4.78 is 22.8. The van der Waals surface area contributed by atoms with Crippen molar-refractivity contribution >= 4 is 33.0 Å². The quantitative estimate of drug-likeness (QED) is 0.874. The van der Waals surface area contributed by atoms with Gasteiger partial charge in [-0.15, -0.1) is 0 Å². The molecular formula is C11H13ClN2O3S. The molecule has 0 aromatic heterocycles. The summed E-state index contributed by atoms with van der Waals surface area (Å²) in [5, 5.41) is 2.84. The number of rotatable bonds is 3. The van der Waals surface area contributed by atoms with Crippen molar-refractivity contribution in [1.29, 1.82) is 0 Å². The Labute approximate surface area is 110 Å². The topological polar surface area (TPSA) is 89.3 Å². The Morgan fingerprint density at radius 2 is 2.06 bits per heavy atom. The largest absolute Gasteiger partial charge is 0.323 e. The fraction of sp³-hybridized carbons (Fsp3) is 0.364. The zero-order chi connectivity index (χ0) is 13.6. The number of anilines is 1. The van der Waals surface area contributed by atoms with Gasteiger partial charge in [0.25, 0.3) is 0 Å². The first kappa shape index (κ1) is 13.3. The van der Waals surface area contributed by atoms with Crippen molar-refractivity contribution in [2.45, 2.75) is 23.3 Å². The number of nitrogens with two attached hydrogens (primary N) is 1. The lowest BCUT2D eigenvalue weighted by Gasteiger charge is -2.12. The Bertz CT molecular complexity index is 609. The maximum Gasteiger partial charge on any atom is 0.244 e. The highest BCUT2D eigenvalue weighted by Gasteiger charge is 2.46. The van der Waals surface area contributed by atoms with Crippen molar-refractivity contribution in [2.24, 2.45) is 5.73 Å². The van der Waals surface area contributed by atoms with Gasteiger partial charge in [-0.1, -0.05) is 11.6 Å². The van der Waals surface area contributed by atoms with Crippen molar-refractivity contribution in [3.63, 3.8) is 0 Å². The molecule has 7 heteroatoms. The van der Waals surface area contributed by atoms with Crippen LogP contribution < -0.4 is 11.1 Å². The van der Waals surface area contributed by atoms with E-state index in [0.717, 1.165) is 6.26 Å². The first-order chi connectivity index (χ1) is 8.22. The van der Waals surface area contributed by atoms with E-state index in [4.69, 9.17) is 17.3 Å². The molecule has 1 amide bonds. The Morgan fingerprint density at radius 3 is 2.56 bits per heavy atom. The summed E-state index contributed by atoms with van der Waals surface area (Å²) in [6.07, 6.45) is 2.34. The van der Waals surface area contributed by atoms with Crippen LogP contribution in [0.5, 0.6) is 0 Å². The van der Waals surface area contributed by atoms with E-state index in [9.17, 15) is 13.2 Å². The van der Waals surface area contributed by atoms with E-state index in [-0.39, 0.29) is 21.5 Å². The second kappa shape index (κ2) is 4.22. The Balaban J connectivity index is 2.30. The zero-order valence-electron chi connectivity index (χ0n) is 9.73. The van der Waals surface area contributed by atoms with Gasteiger partial charge in [-0.25, -0.2) is 8.42 Å². The molecule has 0 spiro atoms. The van der Waals surface area contributed by atoms with Gasteiger partial charge < -0.3 is 11.1 Å². The molecule has 1 aliphatic carbocycles. The predicted molar refractivity (Wildman–Crippen MR) is 69.3 cm³/mol. The van der Waals surface area contributed by atoms with Crippen LogP contribution in [0.1, 0.15) is 12.8 Å². The van der Waals surface area contributed by atoms with Crippen molar-refractivity contribution < 1.29 is 13.2 Å². The lowest BCUT2D eigenvalue weighted by atomic mass is 10.2. The minimum absolute atomic E-state index is 0.101. The lowest BCUT2D eigenvalue weighted by molar-refractivity contribution is -0.118. The monoisotopic (exact) mass is 288 g/mol. The van der Waals surface area contributed by atoms with Crippen LogP contribution >= 0.6 is 11.6 Å². The van der Waals surface area contributed by atoms with Gasteiger partial charge in [0.05, 0.1) is 21.1 Å². The van der Waals surface area contributed by atoms with Crippen molar-refractivity contribution in [2.75, 3.05) is 11.6 Å². The molecule has 1 saturated carbocycles. The zero-order valence-corrected chi connectivity index (χ0v) is 11.3. The SMILES string of the molecule is CS(=O)(=O)c1ccc(Cl)c(NC(=O)C2(N)CC2)c1. The van der Waals surface area contributed by atoms with Crippen molar-refractivity contribution in [1.82, 2.24) is 0 Å². The smallest absolute Gasteiger partial charge is 0.244 e. The second-order valence-electron chi connectivity index (χ2n) is 4.52. The van der Waals surface area contributed by atoms with Gasteiger partial charge in [-0.3, -0.25) is 4.79 Å². The summed E-state index contributed by atoms with van der Waals surface area (Å²) in [4.78, 5) is 11.9. The highest BCUT2D eigenvalue weighted by Crippen LogP contribution is 2.34. The molecule has 5 nitrogen and oxygen atoms in total. The molecule has 1 fully saturated rings. The number of benzene rings is 1. The minimum atomic E-state index is -3.34. The maximum atomic E-state index is 11.8. The predicted octanol–water partition coefficient (Wildman–Crippen LogP) is 1.17. The normalized spacial score (nSPS) is 17.3. The van der Waals surface area contributed by atoms with Crippen LogP contribution in [0.3, 0.4) is 0 Å². The standard InChI is InChI=1S/C11H13ClN2O3S/c1-18(16,17)7-2-3-8(12)9(6-7)14-10(15)11(13)4-5-11/h2-3,6H,4-5,13H2,1H3,(H,14,15). The molecule has 18 heavy (non-hydrogen) atoms. The van der Waals surface area contributed by atoms with Gasteiger partial charge in [-0.2, -0.15) is 0 Å². The highest BCUT2D eigenvalue weighted by molar-refractivity contribution is 7.90. The fourth-order valence-electron chi connectivity index (χ4n) is 1.44. The maximum absolute atomic E-state index is 11.8. The first-order valence-electron chi connectivity index (χ1n) is 5.32. The summed E-state index contributed by atoms with van der Waals surface area (Å²) in [6.45, 7) is 0. The fourth-order valence-corrected chi connectivity index (χ4v) is 2.25. The molecule has 98 valence electrons. The Kier molecular flexibility index (Phi) is 3.12. The van der Waals surface area contributed by atoms with Crippen LogP contribution in [0.15, 0.2) is 23.1 Å². The van der Waals surface area contributed by atoms with E-state index in [0.29, 0.717) is 12.8 Å². The molecule has 0 bridgehead atoms. The molecule has 2 rings (SSSR count). The van der Waals surface area contributed by atoms with Gasteiger partial charge in [0.1, 0.15) is 0 Å². The van der Waals surface area contributed by atoms with Crippen LogP contribution in [-0.4, -0.2) is 26.1 Å². The molecule has 0 atom stereocenters. The number of nitrogens with one attached hydrogen (secondary N) is 1. The summed E-state index contributed by atoms with van der Waals surface area (Å²) >= 11 is 5.91. The van der Waals surface area contributed by atoms with E-state index < -0.39 is 15.4 Å². The highest BCUT2D eigenvalue weighted by atomic mass is 35.5. The van der Waals surface area contributed by atoms with E-state index in [1.807, 2.05) is 0 Å². The number of carbonyl (C=O) groups excluding carboxylic acids is 1. The molecule has 0 radical (unpaired) electrons. The van der Waals surface area contributed by atoms with Crippen LogP contribution in [-0.2, 0) is 14.6 Å². The Morgan fingerprint density at radius 1 is 1.44 bits per heavy atom. The molecule has 1 aromatic carbocycles. The molecular weight excluding hydrogens is 276 g/mol. The lowest BCUT2D eigenvalue weighted by Crippen LogP contribution is -2.37. The second-order valence-corrected chi connectivity index (χ2v) is 6.95. The van der Waals surface area contributed by atoms with E-state index in [1.54, 1.807) is 0 Å². The number of halogens is 1. The third-order valence-corrected chi connectivity index (χ3v) is 4.29. The van der Waals surface area contributed by atoms with Gasteiger partial charge in [0.2, 0.25) is 5.91 Å². The van der Waals surface area contributed by atoms with E-state index in [1.165, 1.54) is 18.2 Å². The third-order valence-electron chi connectivity index (χ3n) is 2.86. The van der Waals surface area contributed by atoms with E-state index >= 15 is 0 Å². The molecule has 0 saturated heterocycles. The van der Waals surface area contributed by atoms with Crippen LogP contribution in [0.2, 0.25) is 5.02 Å². The summed E-state index contributed by atoms with van der Waals surface area (Å²) in [6, 6.07) is 4.16. The molecule has 3 N–H and O–H groups in total. The first-order valence-corrected chi connectivity index (χ1v) is 7.59.